The number of amidine groups is 1. The molecule has 2 N–H and O–H groups in total. The van der Waals surface area contributed by atoms with Crippen molar-refractivity contribution in [1.29, 1.82) is 16.1 Å². The van der Waals surface area contributed by atoms with Crippen LogP contribution in [0.1, 0.15) is 83.7 Å². The van der Waals surface area contributed by atoms with Crippen LogP contribution in [0.15, 0.2) is 30.3 Å². The molecule has 2 aliphatic carbocycles. The Bertz CT molecular complexity index is 1490. The lowest BCUT2D eigenvalue weighted by atomic mass is 9.57. The van der Waals surface area contributed by atoms with Crippen molar-refractivity contribution in [1.82, 2.24) is 14.8 Å². The second kappa shape index (κ2) is 11.1. The molecule has 2 aliphatic heterocycles. The fraction of sp³-hybridized carbons (Fsp3) is 0.531. The van der Waals surface area contributed by atoms with Gasteiger partial charge in [-0.25, -0.2) is 0 Å². The molecule has 43 heavy (non-hydrogen) atoms. The van der Waals surface area contributed by atoms with Gasteiger partial charge in [0.15, 0.2) is 0 Å². The number of hydrogen-bond donors (Lipinski definition) is 2. The molecule has 11 heteroatoms. The van der Waals surface area contributed by atoms with E-state index in [0.29, 0.717) is 62.4 Å². The third kappa shape index (κ3) is 5.65. The Balaban J connectivity index is 1.26. The van der Waals surface area contributed by atoms with Crippen LogP contribution in [0.3, 0.4) is 0 Å². The van der Waals surface area contributed by atoms with Gasteiger partial charge in [0.05, 0.1) is 30.6 Å². The Kier molecular flexibility index (Phi) is 7.53. The summed E-state index contributed by atoms with van der Waals surface area (Å²) in [7, 11) is 1.67. The molecule has 226 valence electrons. The smallest absolute Gasteiger partial charge is 0.325 e. The summed E-state index contributed by atoms with van der Waals surface area (Å²) in [5.74, 6) is -1.01. The number of pyridine rings is 1. The zero-order valence-corrected chi connectivity index (χ0v) is 24.3. The lowest BCUT2D eigenvalue weighted by Gasteiger charge is -2.46. The van der Waals surface area contributed by atoms with Gasteiger partial charge in [-0.1, -0.05) is 12.1 Å². The number of benzene rings is 1. The van der Waals surface area contributed by atoms with E-state index in [9.17, 15) is 23.2 Å². The number of carbonyl (C=O) groups is 1. The number of hydrogen-bond acceptors (Lipinski definition) is 6. The molecule has 3 heterocycles. The molecule has 1 aromatic heterocycles. The molecule has 1 atom stereocenters. The van der Waals surface area contributed by atoms with Crippen LogP contribution in [0.5, 0.6) is 0 Å². The Labute approximate surface area is 249 Å². The molecule has 0 radical (unpaired) electrons. The van der Waals surface area contributed by atoms with Gasteiger partial charge in [-0.2, -0.15) is 18.4 Å². The number of alkyl halides is 3. The number of piperidine rings is 1. The highest BCUT2D eigenvalue weighted by molar-refractivity contribution is 6.10. The molecule has 8 nitrogen and oxygen atoms in total. The van der Waals surface area contributed by atoms with Crippen molar-refractivity contribution < 1.29 is 18.0 Å². The number of amides is 1. The summed E-state index contributed by atoms with van der Waals surface area (Å²) in [4.78, 5) is 23.8. The maximum atomic E-state index is 13.9. The van der Waals surface area contributed by atoms with Gasteiger partial charge in [0.2, 0.25) is 0 Å². The molecule has 2 aromatic rings. The number of halogens is 3. The molecule has 6 rings (SSSR count). The van der Waals surface area contributed by atoms with E-state index in [1.165, 1.54) is 4.90 Å². The maximum Gasteiger partial charge on any atom is 0.393 e. The van der Waals surface area contributed by atoms with Gasteiger partial charge in [0.1, 0.15) is 5.84 Å². The van der Waals surface area contributed by atoms with Gasteiger partial charge in [0, 0.05) is 66.3 Å². The third-order valence-corrected chi connectivity index (χ3v) is 9.67. The number of carbonyl (C=O) groups excluding carboxylic acids is 1. The first-order valence-corrected chi connectivity index (χ1v) is 15.0. The van der Waals surface area contributed by atoms with Gasteiger partial charge in [-0.05, 0) is 68.8 Å². The molecule has 0 spiro atoms. The van der Waals surface area contributed by atoms with Crippen molar-refractivity contribution >= 4 is 23.8 Å². The minimum Gasteiger partial charge on any atom is -0.325 e. The first-order chi connectivity index (χ1) is 20.5. The average Bonchev–Trinajstić information content (AvgIpc) is 3.77. The molecule has 1 saturated heterocycles. The third-order valence-electron chi connectivity index (χ3n) is 9.67. The minimum atomic E-state index is -4.21. The Morgan fingerprint density at radius 3 is 2.70 bits per heavy atom. The van der Waals surface area contributed by atoms with Crippen molar-refractivity contribution in [2.24, 2.45) is 11.8 Å². The summed E-state index contributed by atoms with van der Waals surface area (Å²) < 4.78 is 40.3. The van der Waals surface area contributed by atoms with Crippen molar-refractivity contribution in [3.8, 4) is 6.07 Å². The zero-order valence-electron chi connectivity index (χ0n) is 24.3. The zero-order chi connectivity index (χ0) is 30.5. The number of aromatic nitrogens is 1. The van der Waals surface area contributed by atoms with Crippen LogP contribution in [0, 0.1) is 34.0 Å². The lowest BCUT2D eigenvalue weighted by Crippen LogP contribution is -2.44. The van der Waals surface area contributed by atoms with Gasteiger partial charge in [-0.3, -0.25) is 25.5 Å². The highest BCUT2D eigenvalue weighted by Crippen LogP contribution is 2.51. The van der Waals surface area contributed by atoms with E-state index >= 15 is 0 Å². The van der Waals surface area contributed by atoms with Gasteiger partial charge >= 0.3 is 6.18 Å². The van der Waals surface area contributed by atoms with Crippen LogP contribution in [0.4, 0.5) is 18.9 Å². The van der Waals surface area contributed by atoms with Crippen molar-refractivity contribution in [2.45, 2.75) is 75.5 Å². The predicted molar refractivity (Wildman–Crippen MR) is 156 cm³/mol. The van der Waals surface area contributed by atoms with E-state index in [4.69, 9.17) is 15.8 Å². The fourth-order valence-corrected chi connectivity index (χ4v) is 7.04. The summed E-state index contributed by atoms with van der Waals surface area (Å²) in [6.07, 6.45) is 1.12. The molecule has 3 fully saturated rings. The highest BCUT2D eigenvalue weighted by Gasteiger charge is 2.47. The molecular formula is C32H36F3N7O. The second-order valence-electron chi connectivity index (χ2n) is 12.7. The van der Waals surface area contributed by atoms with Crippen LogP contribution in [-0.4, -0.2) is 59.2 Å². The van der Waals surface area contributed by atoms with E-state index in [-0.39, 0.29) is 30.7 Å². The predicted octanol–water partition coefficient (Wildman–Crippen LogP) is 5.97. The van der Waals surface area contributed by atoms with E-state index in [2.05, 4.69) is 6.07 Å². The summed E-state index contributed by atoms with van der Waals surface area (Å²) in [5, 5.41) is 25.5. The normalized spacial score (nSPS) is 25.6. The second-order valence-corrected chi connectivity index (χ2v) is 12.7. The topological polar surface area (TPSA) is 111 Å². The number of nitriles is 1. The van der Waals surface area contributed by atoms with Gasteiger partial charge in [0.25, 0.3) is 5.91 Å². The van der Waals surface area contributed by atoms with E-state index in [1.807, 2.05) is 29.2 Å². The Morgan fingerprint density at radius 1 is 1.26 bits per heavy atom. The number of likely N-dealkylation sites (tertiary alicyclic amines) is 1. The average molecular weight is 592 g/mol. The number of anilines is 1. The first-order valence-electron chi connectivity index (χ1n) is 15.0. The summed E-state index contributed by atoms with van der Waals surface area (Å²) >= 11 is 0. The van der Waals surface area contributed by atoms with E-state index in [0.717, 1.165) is 41.7 Å². The molecule has 1 amide bonds. The van der Waals surface area contributed by atoms with Crippen LogP contribution >= 0.6 is 0 Å². The van der Waals surface area contributed by atoms with Crippen LogP contribution in [-0.2, 0) is 18.5 Å². The van der Waals surface area contributed by atoms with Crippen LogP contribution < -0.4 is 4.90 Å². The fourth-order valence-electron chi connectivity index (χ4n) is 7.04. The first kappa shape index (κ1) is 29.3. The minimum absolute atomic E-state index is 0.0463. The van der Waals surface area contributed by atoms with Gasteiger partial charge in [-0.15, -0.1) is 0 Å². The molecule has 1 aromatic carbocycles. The van der Waals surface area contributed by atoms with Crippen molar-refractivity contribution in [3.63, 3.8) is 0 Å². The van der Waals surface area contributed by atoms with Crippen molar-refractivity contribution in [3.05, 3.63) is 58.4 Å². The number of rotatable bonds is 8. The Morgan fingerprint density at radius 2 is 2.02 bits per heavy atom. The Hall–Kier alpha value is -3.78. The number of nitrogens with zero attached hydrogens (tertiary/aromatic N) is 5. The highest BCUT2D eigenvalue weighted by atomic mass is 19.4. The molecule has 4 aliphatic rings. The quantitative estimate of drug-likeness (QED) is 0.290. The van der Waals surface area contributed by atoms with Crippen molar-refractivity contribution in [2.75, 3.05) is 25.0 Å². The van der Waals surface area contributed by atoms with E-state index < -0.39 is 17.5 Å². The number of nitrogens with one attached hydrogen (secondary N) is 2. The maximum absolute atomic E-state index is 13.9. The van der Waals surface area contributed by atoms with E-state index in [1.54, 1.807) is 18.0 Å². The summed E-state index contributed by atoms with van der Waals surface area (Å²) in [6, 6.07) is 11.9. The van der Waals surface area contributed by atoms with Gasteiger partial charge < -0.3 is 9.80 Å². The molecule has 0 unspecified atom stereocenters. The lowest BCUT2D eigenvalue weighted by molar-refractivity contribution is -0.187. The van der Waals surface area contributed by atoms with Crippen LogP contribution in [0.25, 0.3) is 0 Å². The molecular weight excluding hydrogens is 555 g/mol. The summed E-state index contributed by atoms with van der Waals surface area (Å²) in [6.45, 7) is 1.21. The molecule has 0 bridgehead atoms. The van der Waals surface area contributed by atoms with Crippen LogP contribution in [0.2, 0.25) is 0 Å². The molecule has 2 saturated carbocycles. The largest absolute Gasteiger partial charge is 0.393 e. The monoisotopic (exact) mass is 591 g/mol. The number of fused-ring (bicyclic) bond motifs is 1. The SMILES string of the molecule is CN(C=N)C(=N)CC1(c2cccc(N3Cc4c(cc(CN5CCC[C@H](C(F)(F)F)C5)nc4C4CC4)C3=O)c2)CC(C#N)C1. The summed E-state index contributed by atoms with van der Waals surface area (Å²) in [5.41, 5.74) is 4.32. The standard InChI is InChI=1S/C32H36F3N7O/c1-40(19-37)28(38)14-31(12-20(13-31)15-36)22-4-2-6-25(10-22)42-18-27-26(30(42)43)11-24(39-29(27)21-7-8-21)17-41-9-3-5-23(16-41)32(33,34)35/h2,4,6,10-11,19-21,23,37-38H,3,5,7-9,12-14,16-18H2,1H3/t20?,23-,31?/m0/s1.